The largest absolute Gasteiger partial charge is 0.372 e. The Morgan fingerprint density at radius 3 is 2.55 bits per heavy atom. The molecule has 1 fully saturated rings. The number of morpholine rings is 1. The van der Waals surface area contributed by atoms with E-state index in [1.807, 2.05) is 44.2 Å². The van der Waals surface area contributed by atoms with Crippen molar-refractivity contribution in [3.8, 4) is 0 Å². The number of rotatable bonds is 6. The van der Waals surface area contributed by atoms with Crippen LogP contribution < -0.4 is 11.1 Å². The van der Waals surface area contributed by atoms with Gasteiger partial charge in [-0.25, -0.2) is 0 Å². The van der Waals surface area contributed by atoms with E-state index >= 15 is 0 Å². The van der Waals surface area contributed by atoms with Crippen LogP contribution in [0.5, 0.6) is 0 Å². The third-order valence-electron chi connectivity index (χ3n) is 5.11. The summed E-state index contributed by atoms with van der Waals surface area (Å²) in [6.07, 6.45) is 3.23. The van der Waals surface area contributed by atoms with Gasteiger partial charge in [0.2, 0.25) is 11.8 Å². The van der Waals surface area contributed by atoms with Crippen LogP contribution in [0.2, 0.25) is 0 Å². The molecule has 4 atom stereocenters. The fourth-order valence-electron chi connectivity index (χ4n) is 3.52. The number of nitrogens with one attached hydrogen (secondary N) is 1. The van der Waals surface area contributed by atoms with Gasteiger partial charge in [-0.1, -0.05) is 37.3 Å². The van der Waals surface area contributed by atoms with Gasteiger partial charge in [0.25, 0.3) is 0 Å². The summed E-state index contributed by atoms with van der Waals surface area (Å²) in [4.78, 5) is 26.9. The van der Waals surface area contributed by atoms with E-state index in [9.17, 15) is 9.59 Å². The molecule has 0 spiro atoms. The van der Waals surface area contributed by atoms with Crippen molar-refractivity contribution in [1.82, 2.24) is 14.7 Å². The van der Waals surface area contributed by atoms with Gasteiger partial charge in [-0.05, 0) is 19.4 Å². The Kier molecular flexibility index (Phi) is 6.66. The fourth-order valence-corrected chi connectivity index (χ4v) is 3.52. The fraction of sp³-hybridized carbons (Fsp3) is 0.476. The second kappa shape index (κ2) is 9.19. The first-order valence-electron chi connectivity index (χ1n) is 9.90. The first-order chi connectivity index (χ1) is 13.8. The molecule has 0 saturated carbocycles. The molecule has 8 heteroatoms. The Morgan fingerprint density at radius 2 is 1.90 bits per heavy atom. The van der Waals surface area contributed by atoms with E-state index in [1.165, 1.54) is 10.9 Å². The second-order valence-electron chi connectivity index (χ2n) is 7.70. The first-order valence-corrected chi connectivity index (χ1v) is 9.90. The smallest absolute Gasteiger partial charge is 0.244 e. The summed E-state index contributed by atoms with van der Waals surface area (Å²) in [6, 6.07) is 9.12. The summed E-state index contributed by atoms with van der Waals surface area (Å²) in [5, 5.41) is 7.03. The number of carbonyl (C=O) groups is 2. The molecule has 3 N–H and O–H groups in total. The minimum Gasteiger partial charge on any atom is -0.372 e. The molecule has 2 heterocycles. The van der Waals surface area contributed by atoms with Crippen LogP contribution in [0.4, 0.5) is 5.69 Å². The summed E-state index contributed by atoms with van der Waals surface area (Å²) in [5.41, 5.74) is 7.68. The Bertz CT molecular complexity index is 828. The number of nitrogens with zero attached hydrogens (tertiary/aromatic N) is 3. The van der Waals surface area contributed by atoms with Crippen molar-refractivity contribution in [2.75, 3.05) is 18.4 Å². The van der Waals surface area contributed by atoms with Crippen LogP contribution in [-0.2, 0) is 20.9 Å². The molecule has 3 rings (SSSR count). The van der Waals surface area contributed by atoms with E-state index in [0.717, 1.165) is 5.56 Å². The highest BCUT2D eigenvalue weighted by atomic mass is 16.5. The van der Waals surface area contributed by atoms with Gasteiger partial charge in [0, 0.05) is 25.3 Å². The van der Waals surface area contributed by atoms with E-state index in [0.29, 0.717) is 18.8 Å². The Labute approximate surface area is 171 Å². The average molecular weight is 399 g/mol. The third-order valence-corrected chi connectivity index (χ3v) is 5.11. The maximum absolute atomic E-state index is 12.6. The van der Waals surface area contributed by atoms with Gasteiger partial charge < -0.3 is 20.7 Å². The molecule has 0 aliphatic carbocycles. The molecule has 1 aliphatic rings. The molecule has 2 amide bonds. The summed E-state index contributed by atoms with van der Waals surface area (Å²) in [5.74, 6) is -0.630. The van der Waals surface area contributed by atoms with Crippen molar-refractivity contribution in [3.63, 3.8) is 0 Å². The number of nitrogens with two attached hydrogens (primary N) is 1. The average Bonchev–Trinajstić information content (AvgIpc) is 3.13. The molecule has 29 heavy (non-hydrogen) atoms. The molecule has 0 radical (unpaired) electrons. The van der Waals surface area contributed by atoms with E-state index < -0.39 is 12.0 Å². The van der Waals surface area contributed by atoms with Gasteiger partial charge in [-0.2, -0.15) is 5.10 Å². The van der Waals surface area contributed by atoms with Gasteiger partial charge in [-0.3, -0.25) is 14.3 Å². The second-order valence-corrected chi connectivity index (χ2v) is 7.70. The molecule has 2 aromatic rings. The summed E-state index contributed by atoms with van der Waals surface area (Å²) < 4.78 is 7.20. The minimum atomic E-state index is -0.418. The summed E-state index contributed by atoms with van der Waals surface area (Å²) in [6.45, 7) is 6.97. The third kappa shape index (κ3) is 5.42. The molecular formula is C21H29N5O3. The van der Waals surface area contributed by atoms with E-state index in [-0.39, 0.29) is 30.6 Å². The van der Waals surface area contributed by atoms with Gasteiger partial charge in [0.1, 0.15) is 6.54 Å². The van der Waals surface area contributed by atoms with Crippen molar-refractivity contribution in [1.29, 1.82) is 0 Å². The standard InChI is InChI=1S/C21H29N5O3/c1-14-10-25(11-15(2)29-14)19(27)13-26-12-18(9-23-26)24-21(28)16(3)20(22)17-7-5-4-6-8-17/h4-9,12,14-16,20H,10-11,13,22H2,1-3H3,(H,24,28). The lowest BCUT2D eigenvalue weighted by Crippen LogP contribution is -2.49. The molecule has 1 aromatic carbocycles. The quantitative estimate of drug-likeness (QED) is 0.771. The van der Waals surface area contributed by atoms with Gasteiger partial charge >= 0.3 is 0 Å². The number of ether oxygens (including phenoxy) is 1. The van der Waals surface area contributed by atoms with Gasteiger partial charge in [0.05, 0.1) is 30.0 Å². The topological polar surface area (TPSA) is 102 Å². The van der Waals surface area contributed by atoms with Crippen molar-refractivity contribution in [2.24, 2.45) is 11.7 Å². The summed E-state index contributed by atoms with van der Waals surface area (Å²) >= 11 is 0. The Hall–Kier alpha value is -2.71. The van der Waals surface area contributed by atoms with Gasteiger partial charge in [0.15, 0.2) is 0 Å². The van der Waals surface area contributed by atoms with Crippen LogP contribution in [0, 0.1) is 5.92 Å². The first kappa shape index (κ1) is 21.0. The molecule has 0 bridgehead atoms. The minimum absolute atomic E-state index is 0.0190. The van der Waals surface area contributed by atoms with Crippen molar-refractivity contribution in [2.45, 2.75) is 45.6 Å². The molecule has 156 valence electrons. The summed E-state index contributed by atoms with van der Waals surface area (Å²) in [7, 11) is 0. The number of benzene rings is 1. The predicted octanol–water partition coefficient (Wildman–Crippen LogP) is 1.79. The SMILES string of the molecule is CC1CN(C(=O)Cn2cc(NC(=O)C(C)C(N)c3ccccc3)cn2)CC(C)O1. The number of carbonyl (C=O) groups excluding carboxylic acids is 2. The highest BCUT2D eigenvalue weighted by Gasteiger charge is 2.26. The predicted molar refractivity (Wildman–Crippen MR) is 110 cm³/mol. The van der Waals surface area contributed by atoms with E-state index in [1.54, 1.807) is 18.0 Å². The monoisotopic (exact) mass is 399 g/mol. The number of aromatic nitrogens is 2. The molecule has 1 aromatic heterocycles. The van der Waals surface area contributed by atoms with Crippen LogP contribution in [-0.4, -0.2) is 51.8 Å². The van der Waals surface area contributed by atoms with Crippen LogP contribution >= 0.6 is 0 Å². The Morgan fingerprint density at radius 1 is 1.24 bits per heavy atom. The lowest BCUT2D eigenvalue weighted by molar-refractivity contribution is -0.144. The zero-order valence-electron chi connectivity index (χ0n) is 17.1. The Balaban J connectivity index is 1.55. The number of amides is 2. The van der Waals surface area contributed by atoms with Crippen LogP contribution in [0.1, 0.15) is 32.4 Å². The number of anilines is 1. The number of hydrogen-bond acceptors (Lipinski definition) is 5. The van der Waals surface area contributed by atoms with Crippen molar-refractivity contribution in [3.05, 3.63) is 48.3 Å². The van der Waals surface area contributed by atoms with E-state index in [2.05, 4.69) is 10.4 Å². The molecule has 1 aliphatic heterocycles. The maximum atomic E-state index is 12.6. The van der Waals surface area contributed by atoms with Crippen LogP contribution in [0.3, 0.4) is 0 Å². The normalized spacial score (nSPS) is 21.4. The lowest BCUT2D eigenvalue weighted by atomic mass is 9.95. The van der Waals surface area contributed by atoms with Gasteiger partial charge in [-0.15, -0.1) is 0 Å². The lowest BCUT2D eigenvalue weighted by Gasteiger charge is -2.35. The number of hydrogen-bond donors (Lipinski definition) is 2. The van der Waals surface area contributed by atoms with Crippen molar-refractivity contribution >= 4 is 17.5 Å². The highest BCUT2D eigenvalue weighted by Crippen LogP contribution is 2.20. The van der Waals surface area contributed by atoms with Crippen molar-refractivity contribution < 1.29 is 14.3 Å². The molecular weight excluding hydrogens is 370 g/mol. The maximum Gasteiger partial charge on any atom is 0.244 e. The molecule has 8 nitrogen and oxygen atoms in total. The highest BCUT2D eigenvalue weighted by molar-refractivity contribution is 5.92. The van der Waals surface area contributed by atoms with E-state index in [4.69, 9.17) is 10.5 Å². The zero-order chi connectivity index (χ0) is 21.0. The molecule has 4 unspecified atom stereocenters. The van der Waals surface area contributed by atoms with Crippen LogP contribution in [0.25, 0.3) is 0 Å². The zero-order valence-corrected chi connectivity index (χ0v) is 17.1. The molecule has 1 saturated heterocycles. The van der Waals surface area contributed by atoms with Crippen LogP contribution in [0.15, 0.2) is 42.7 Å².